The Morgan fingerprint density at radius 1 is 1.10 bits per heavy atom. The Hall–Kier alpha value is -2.22. The number of pyridine rings is 1. The molecule has 3 N–H and O–H groups in total. The van der Waals surface area contributed by atoms with Gasteiger partial charge in [-0.15, -0.1) is 0 Å². The van der Waals surface area contributed by atoms with Crippen LogP contribution >= 0.6 is 7.82 Å². The molecule has 0 radical (unpaired) electrons. The Morgan fingerprint density at radius 3 is 2.38 bits per heavy atom. The largest absolute Gasteiger partial charge is 0.471 e. The molecule has 0 spiro atoms. The van der Waals surface area contributed by atoms with Gasteiger partial charge in [-0.3, -0.25) is 0 Å². The first-order valence-corrected chi connectivity index (χ1v) is 10.6. The molecule has 0 aliphatic carbocycles. The van der Waals surface area contributed by atoms with Crippen LogP contribution in [0.15, 0.2) is 36.5 Å². The molecule has 1 aromatic carbocycles. The zero-order valence-corrected chi connectivity index (χ0v) is 17.9. The molecule has 2 heterocycles. The SMILES string of the molecule is COCCn1c(C)c(C)c2ccnc(OCc3ccccc3C)c21.O=P(O)(O)O. The molecule has 0 aliphatic heterocycles. The minimum absolute atomic E-state index is 0.520. The second-order valence-electron chi connectivity index (χ2n) is 6.60. The third-order valence-corrected chi connectivity index (χ3v) is 4.66. The quantitative estimate of drug-likeness (QED) is 0.523. The lowest BCUT2D eigenvalue weighted by atomic mass is 10.1. The van der Waals surface area contributed by atoms with Gasteiger partial charge in [0.05, 0.1) is 6.61 Å². The fourth-order valence-electron chi connectivity index (χ4n) is 3.05. The highest BCUT2D eigenvalue weighted by atomic mass is 31.2. The van der Waals surface area contributed by atoms with Crippen molar-refractivity contribution >= 4 is 18.7 Å². The first kappa shape index (κ1) is 23.1. The van der Waals surface area contributed by atoms with Crippen molar-refractivity contribution in [3.05, 3.63) is 58.9 Å². The summed E-state index contributed by atoms with van der Waals surface area (Å²) in [4.78, 5) is 26.1. The third kappa shape index (κ3) is 6.39. The molecule has 158 valence electrons. The number of hydrogen-bond donors (Lipinski definition) is 3. The molecule has 2 aromatic heterocycles. The summed E-state index contributed by atoms with van der Waals surface area (Å²) in [6.07, 6.45) is 1.82. The van der Waals surface area contributed by atoms with Crippen molar-refractivity contribution in [1.82, 2.24) is 9.55 Å². The topological polar surface area (TPSA) is 114 Å². The number of benzene rings is 1. The normalized spacial score (nSPS) is 11.3. The summed E-state index contributed by atoms with van der Waals surface area (Å²) in [5, 5.41) is 1.19. The lowest BCUT2D eigenvalue weighted by molar-refractivity contribution is 0.187. The molecule has 0 amide bonds. The van der Waals surface area contributed by atoms with Crippen molar-refractivity contribution in [1.29, 1.82) is 0 Å². The first-order valence-electron chi connectivity index (χ1n) is 9.02. The fourth-order valence-corrected chi connectivity index (χ4v) is 3.05. The number of methoxy groups -OCH3 is 1. The van der Waals surface area contributed by atoms with Crippen LogP contribution in [0.25, 0.3) is 10.9 Å². The van der Waals surface area contributed by atoms with Gasteiger partial charge in [0.25, 0.3) is 0 Å². The summed E-state index contributed by atoms with van der Waals surface area (Å²) in [5.74, 6) is 0.683. The van der Waals surface area contributed by atoms with Crippen LogP contribution < -0.4 is 4.74 Å². The van der Waals surface area contributed by atoms with Crippen LogP contribution in [0.4, 0.5) is 0 Å². The van der Waals surface area contributed by atoms with Crippen LogP contribution in [-0.4, -0.2) is 37.9 Å². The van der Waals surface area contributed by atoms with Crippen molar-refractivity contribution in [2.45, 2.75) is 33.9 Å². The van der Waals surface area contributed by atoms with Gasteiger partial charge < -0.3 is 28.7 Å². The minimum atomic E-state index is -4.64. The van der Waals surface area contributed by atoms with E-state index in [0.717, 1.165) is 12.1 Å². The number of hydrogen-bond acceptors (Lipinski definition) is 4. The van der Waals surface area contributed by atoms with E-state index in [9.17, 15) is 0 Å². The van der Waals surface area contributed by atoms with Gasteiger partial charge in [0, 0.05) is 30.9 Å². The Kier molecular flexibility index (Phi) is 7.96. The summed E-state index contributed by atoms with van der Waals surface area (Å²) >= 11 is 0. The van der Waals surface area contributed by atoms with Gasteiger partial charge in [-0.25, -0.2) is 9.55 Å². The highest BCUT2D eigenvalue weighted by Gasteiger charge is 2.16. The second kappa shape index (κ2) is 10.0. The number of ether oxygens (including phenoxy) is 2. The van der Waals surface area contributed by atoms with Crippen LogP contribution in [0, 0.1) is 20.8 Å². The summed E-state index contributed by atoms with van der Waals surface area (Å²) in [6.45, 7) is 8.35. The van der Waals surface area contributed by atoms with E-state index in [-0.39, 0.29) is 0 Å². The number of nitrogens with zero attached hydrogens (tertiary/aromatic N) is 2. The molecule has 9 heteroatoms. The van der Waals surface area contributed by atoms with E-state index in [2.05, 4.69) is 48.5 Å². The Morgan fingerprint density at radius 2 is 1.76 bits per heavy atom. The third-order valence-electron chi connectivity index (χ3n) is 4.66. The second-order valence-corrected chi connectivity index (χ2v) is 7.62. The van der Waals surface area contributed by atoms with Gasteiger partial charge in [0.1, 0.15) is 12.1 Å². The fraction of sp³-hybridized carbons (Fsp3) is 0.350. The smallest absolute Gasteiger partial charge is 0.466 e. The molecule has 8 nitrogen and oxygen atoms in total. The van der Waals surface area contributed by atoms with E-state index >= 15 is 0 Å². The number of aromatic nitrogens is 2. The lowest BCUT2D eigenvalue weighted by Crippen LogP contribution is -2.08. The van der Waals surface area contributed by atoms with Gasteiger partial charge in [-0.2, -0.15) is 0 Å². The molecule has 0 saturated heterocycles. The van der Waals surface area contributed by atoms with Gasteiger partial charge in [-0.1, -0.05) is 24.3 Å². The van der Waals surface area contributed by atoms with Gasteiger partial charge in [0.15, 0.2) is 0 Å². The van der Waals surface area contributed by atoms with E-state index in [1.54, 1.807) is 7.11 Å². The highest BCUT2D eigenvalue weighted by molar-refractivity contribution is 7.45. The monoisotopic (exact) mass is 422 g/mol. The average Bonchev–Trinajstić information content (AvgIpc) is 2.89. The summed E-state index contributed by atoms with van der Waals surface area (Å²) < 4.78 is 22.5. The molecule has 3 rings (SSSR count). The minimum Gasteiger partial charge on any atom is -0.471 e. The average molecular weight is 422 g/mol. The Balaban J connectivity index is 0.000000537. The van der Waals surface area contributed by atoms with Crippen LogP contribution in [0.5, 0.6) is 5.88 Å². The van der Waals surface area contributed by atoms with Gasteiger partial charge in [0.2, 0.25) is 5.88 Å². The first-order chi connectivity index (χ1) is 13.6. The Bertz CT molecular complexity index is 1000. The van der Waals surface area contributed by atoms with Crippen LogP contribution in [0.1, 0.15) is 22.4 Å². The van der Waals surface area contributed by atoms with E-state index in [4.69, 9.17) is 28.7 Å². The van der Waals surface area contributed by atoms with Gasteiger partial charge >= 0.3 is 7.82 Å². The van der Waals surface area contributed by atoms with Crippen LogP contribution in [0.2, 0.25) is 0 Å². The number of phosphoric acid groups is 1. The number of aryl methyl sites for hydroxylation is 2. The molecule has 0 saturated carbocycles. The molecule has 29 heavy (non-hydrogen) atoms. The maximum Gasteiger partial charge on any atom is 0.466 e. The molecular weight excluding hydrogens is 395 g/mol. The molecule has 0 unspecified atom stereocenters. The van der Waals surface area contributed by atoms with E-state index in [0.29, 0.717) is 19.1 Å². The highest BCUT2D eigenvalue weighted by Crippen LogP contribution is 2.31. The van der Waals surface area contributed by atoms with Gasteiger partial charge in [-0.05, 0) is 43.5 Å². The predicted molar refractivity (Wildman–Crippen MR) is 111 cm³/mol. The lowest BCUT2D eigenvalue weighted by Gasteiger charge is -2.12. The number of fused-ring (bicyclic) bond motifs is 1. The molecule has 3 aromatic rings. The molecule has 0 atom stereocenters. The van der Waals surface area contributed by atoms with Crippen molar-refractivity contribution in [3.63, 3.8) is 0 Å². The van der Waals surface area contributed by atoms with Crippen molar-refractivity contribution < 1.29 is 28.7 Å². The standard InChI is InChI=1S/C20H24N2O2.H3O4P/c1-14-7-5-6-8-17(14)13-24-20-19-18(9-10-21-20)15(2)16(3)22(19)11-12-23-4;1-5(2,3)4/h5-10H,11-13H2,1-4H3;(H3,1,2,3,4). The summed E-state index contributed by atoms with van der Waals surface area (Å²) in [5.41, 5.74) is 5.96. The summed E-state index contributed by atoms with van der Waals surface area (Å²) in [6, 6.07) is 10.3. The number of rotatable bonds is 6. The van der Waals surface area contributed by atoms with Crippen molar-refractivity contribution in [3.8, 4) is 5.88 Å². The van der Waals surface area contributed by atoms with Crippen molar-refractivity contribution in [2.24, 2.45) is 0 Å². The maximum absolute atomic E-state index is 8.88. The van der Waals surface area contributed by atoms with Crippen LogP contribution in [-0.2, 0) is 22.5 Å². The maximum atomic E-state index is 8.88. The van der Waals surface area contributed by atoms with E-state index in [1.165, 1.54) is 27.8 Å². The van der Waals surface area contributed by atoms with Crippen molar-refractivity contribution in [2.75, 3.05) is 13.7 Å². The Labute approximate surface area is 170 Å². The van der Waals surface area contributed by atoms with E-state index in [1.807, 2.05) is 18.3 Å². The molecular formula is C20H27N2O6P. The summed E-state index contributed by atoms with van der Waals surface area (Å²) in [7, 11) is -2.91. The zero-order valence-electron chi connectivity index (χ0n) is 17.0. The molecule has 0 aliphatic rings. The zero-order chi connectivity index (χ0) is 21.6. The predicted octanol–water partition coefficient (Wildman–Crippen LogP) is 3.26. The molecule has 0 fully saturated rings. The van der Waals surface area contributed by atoms with E-state index < -0.39 is 7.82 Å². The van der Waals surface area contributed by atoms with Crippen LogP contribution in [0.3, 0.4) is 0 Å². The molecule has 0 bridgehead atoms.